The zero-order valence-electron chi connectivity index (χ0n) is 11.4. The fourth-order valence-electron chi connectivity index (χ4n) is 2.24. The van der Waals surface area contributed by atoms with Gasteiger partial charge in [-0.05, 0) is 19.9 Å². The molecule has 1 fully saturated rings. The molecule has 0 spiro atoms. The summed E-state index contributed by atoms with van der Waals surface area (Å²) >= 11 is 0. The molecule has 2 rings (SSSR count). The summed E-state index contributed by atoms with van der Waals surface area (Å²) in [4.78, 5) is 2.46. The summed E-state index contributed by atoms with van der Waals surface area (Å²) < 4.78 is 7.35. The third kappa shape index (κ3) is 4.08. The number of hydrogen-bond acceptors (Lipinski definition) is 4. The van der Waals surface area contributed by atoms with E-state index in [4.69, 9.17) is 4.74 Å². The summed E-state index contributed by atoms with van der Waals surface area (Å²) in [5.41, 5.74) is 0. The van der Waals surface area contributed by atoms with Crippen LogP contribution in [-0.2, 0) is 4.74 Å². The monoisotopic (exact) mass is 252 g/mol. The molecule has 0 radical (unpaired) electrons. The number of morpholine rings is 1. The van der Waals surface area contributed by atoms with Crippen molar-refractivity contribution in [1.82, 2.24) is 20.0 Å². The van der Waals surface area contributed by atoms with Crippen LogP contribution in [0.3, 0.4) is 0 Å². The van der Waals surface area contributed by atoms with E-state index in [9.17, 15) is 0 Å². The maximum Gasteiger partial charge on any atom is 0.0615 e. The number of hydrogen-bond donors (Lipinski definition) is 1. The van der Waals surface area contributed by atoms with E-state index in [1.807, 2.05) is 23.1 Å². The third-order valence-electron chi connectivity index (χ3n) is 3.37. The van der Waals surface area contributed by atoms with E-state index >= 15 is 0 Å². The number of rotatable bonds is 6. The Morgan fingerprint density at radius 2 is 2.11 bits per heavy atom. The topological polar surface area (TPSA) is 42.3 Å². The quantitative estimate of drug-likeness (QED) is 0.811. The molecular formula is C13H24N4O. The molecular weight excluding hydrogens is 228 g/mol. The van der Waals surface area contributed by atoms with E-state index in [-0.39, 0.29) is 0 Å². The molecule has 1 aliphatic rings. The zero-order chi connectivity index (χ0) is 12.8. The fourth-order valence-corrected chi connectivity index (χ4v) is 2.24. The van der Waals surface area contributed by atoms with E-state index in [0.29, 0.717) is 12.1 Å². The van der Waals surface area contributed by atoms with Crippen LogP contribution in [0.25, 0.3) is 0 Å². The Labute approximate surface area is 109 Å². The zero-order valence-corrected chi connectivity index (χ0v) is 11.4. The molecule has 1 N–H and O–H groups in total. The van der Waals surface area contributed by atoms with Crippen LogP contribution in [0, 0.1) is 0 Å². The first-order chi connectivity index (χ1) is 8.75. The summed E-state index contributed by atoms with van der Waals surface area (Å²) in [5, 5.41) is 7.83. The lowest BCUT2D eigenvalue weighted by molar-refractivity contribution is 0.0342. The van der Waals surface area contributed by atoms with Crippen LogP contribution in [-0.4, -0.2) is 60.1 Å². The standard InChI is InChI=1S/C13H24N4O/c1-12(11-16-6-8-18-9-7-16)14-10-13(2)17-5-3-4-15-17/h3-5,12-14H,6-11H2,1-2H3. The Morgan fingerprint density at radius 1 is 1.33 bits per heavy atom. The third-order valence-corrected chi connectivity index (χ3v) is 3.37. The predicted octanol–water partition coefficient (Wildman–Crippen LogP) is 0.754. The van der Waals surface area contributed by atoms with E-state index < -0.39 is 0 Å². The second-order valence-corrected chi connectivity index (χ2v) is 5.06. The highest BCUT2D eigenvalue weighted by Crippen LogP contribution is 2.03. The van der Waals surface area contributed by atoms with E-state index in [1.165, 1.54) is 0 Å². The van der Waals surface area contributed by atoms with Gasteiger partial charge in [0, 0.05) is 44.6 Å². The van der Waals surface area contributed by atoms with E-state index in [1.54, 1.807) is 0 Å². The van der Waals surface area contributed by atoms with Crippen LogP contribution < -0.4 is 5.32 Å². The van der Waals surface area contributed by atoms with E-state index in [0.717, 1.165) is 39.4 Å². The number of ether oxygens (including phenoxy) is 1. The van der Waals surface area contributed by atoms with Gasteiger partial charge < -0.3 is 10.1 Å². The van der Waals surface area contributed by atoms with Crippen molar-refractivity contribution >= 4 is 0 Å². The molecule has 5 heteroatoms. The lowest BCUT2D eigenvalue weighted by Gasteiger charge is -2.29. The SMILES string of the molecule is CC(CN1CCOCC1)NCC(C)n1cccn1. The first-order valence-corrected chi connectivity index (χ1v) is 6.78. The molecule has 5 nitrogen and oxygen atoms in total. The lowest BCUT2D eigenvalue weighted by atomic mass is 10.2. The highest BCUT2D eigenvalue weighted by molar-refractivity contribution is 4.81. The maximum atomic E-state index is 5.35. The highest BCUT2D eigenvalue weighted by atomic mass is 16.5. The van der Waals surface area contributed by atoms with Gasteiger partial charge in [-0.3, -0.25) is 9.58 Å². The molecule has 102 valence electrons. The average Bonchev–Trinajstić information content (AvgIpc) is 2.91. The first kappa shape index (κ1) is 13.5. The van der Waals surface area contributed by atoms with Crippen molar-refractivity contribution in [2.24, 2.45) is 0 Å². The minimum Gasteiger partial charge on any atom is -0.379 e. The van der Waals surface area contributed by atoms with Gasteiger partial charge in [-0.1, -0.05) is 0 Å². The summed E-state index contributed by atoms with van der Waals surface area (Å²) in [6.45, 7) is 10.3. The first-order valence-electron chi connectivity index (χ1n) is 6.78. The molecule has 18 heavy (non-hydrogen) atoms. The van der Waals surface area contributed by atoms with Crippen LogP contribution in [0.15, 0.2) is 18.5 Å². The minimum absolute atomic E-state index is 0.395. The second-order valence-electron chi connectivity index (χ2n) is 5.06. The van der Waals surface area contributed by atoms with Gasteiger partial charge >= 0.3 is 0 Å². The molecule has 0 aromatic carbocycles. The van der Waals surface area contributed by atoms with Crippen molar-refractivity contribution in [2.45, 2.75) is 25.9 Å². The number of aromatic nitrogens is 2. The summed E-state index contributed by atoms with van der Waals surface area (Å²) in [6, 6.07) is 2.86. The largest absolute Gasteiger partial charge is 0.379 e. The predicted molar refractivity (Wildman–Crippen MR) is 71.7 cm³/mol. The molecule has 1 aromatic heterocycles. The average molecular weight is 252 g/mol. The molecule has 1 aliphatic heterocycles. The van der Waals surface area contributed by atoms with Crippen molar-refractivity contribution < 1.29 is 4.74 Å². The van der Waals surface area contributed by atoms with Crippen LogP contribution in [0.2, 0.25) is 0 Å². The van der Waals surface area contributed by atoms with Gasteiger partial charge in [-0.2, -0.15) is 5.10 Å². The van der Waals surface area contributed by atoms with Gasteiger partial charge in [-0.15, -0.1) is 0 Å². The number of nitrogens with zero attached hydrogens (tertiary/aromatic N) is 3. The van der Waals surface area contributed by atoms with Crippen molar-refractivity contribution in [1.29, 1.82) is 0 Å². The second kappa shape index (κ2) is 6.87. The Balaban J connectivity index is 1.66. The molecule has 0 bridgehead atoms. The summed E-state index contributed by atoms with van der Waals surface area (Å²) in [5.74, 6) is 0. The molecule has 1 aromatic rings. The highest BCUT2D eigenvalue weighted by Gasteiger charge is 2.14. The molecule has 2 unspecified atom stereocenters. The van der Waals surface area contributed by atoms with Crippen LogP contribution in [0.4, 0.5) is 0 Å². The summed E-state index contributed by atoms with van der Waals surface area (Å²) in [7, 11) is 0. The number of nitrogens with one attached hydrogen (secondary N) is 1. The van der Waals surface area contributed by atoms with Crippen molar-refractivity contribution in [3.63, 3.8) is 0 Å². The van der Waals surface area contributed by atoms with Gasteiger partial charge in [0.25, 0.3) is 0 Å². The maximum absolute atomic E-state index is 5.35. The van der Waals surface area contributed by atoms with Gasteiger partial charge in [0.2, 0.25) is 0 Å². The summed E-state index contributed by atoms with van der Waals surface area (Å²) in [6.07, 6.45) is 3.84. The van der Waals surface area contributed by atoms with Crippen LogP contribution in [0.5, 0.6) is 0 Å². The molecule has 0 amide bonds. The van der Waals surface area contributed by atoms with Crippen molar-refractivity contribution in [3.05, 3.63) is 18.5 Å². The Kier molecular flexibility index (Phi) is 5.16. The molecule has 0 saturated carbocycles. The normalized spacial score (nSPS) is 20.8. The van der Waals surface area contributed by atoms with Gasteiger partial charge in [0.15, 0.2) is 0 Å². The smallest absolute Gasteiger partial charge is 0.0615 e. The molecule has 0 aliphatic carbocycles. The van der Waals surface area contributed by atoms with Crippen LogP contribution in [0.1, 0.15) is 19.9 Å². The van der Waals surface area contributed by atoms with Crippen molar-refractivity contribution in [3.8, 4) is 0 Å². The van der Waals surface area contributed by atoms with Gasteiger partial charge in [0.05, 0.1) is 19.3 Å². The molecule has 2 atom stereocenters. The Morgan fingerprint density at radius 3 is 2.78 bits per heavy atom. The van der Waals surface area contributed by atoms with E-state index in [2.05, 4.69) is 29.2 Å². The fraction of sp³-hybridized carbons (Fsp3) is 0.769. The van der Waals surface area contributed by atoms with Gasteiger partial charge in [-0.25, -0.2) is 0 Å². The minimum atomic E-state index is 0.395. The molecule has 2 heterocycles. The Bertz CT molecular complexity index is 322. The Hall–Kier alpha value is -0.910. The van der Waals surface area contributed by atoms with Crippen molar-refractivity contribution in [2.75, 3.05) is 39.4 Å². The molecule has 1 saturated heterocycles. The van der Waals surface area contributed by atoms with Crippen LogP contribution >= 0.6 is 0 Å². The van der Waals surface area contributed by atoms with Gasteiger partial charge in [0.1, 0.15) is 0 Å². The lowest BCUT2D eigenvalue weighted by Crippen LogP contribution is -2.45.